The number of para-hydroxylation sites is 1. The molecule has 7 nitrogen and oxygen atoms in total. The second-order valence-electron chi connectivity index (χ2n) is 6.98. The highest BCUT2D eigenvalue weighted by Crippen LogP contribution is 2.28. The van der Waals surface area contributed by atoms with Gasteiger partial charge in [-0.15, -0.1) is 10.2 Å². The molecule has 8 heteroatoms. The number of rotatable bonds is 6. The van der Waals surface area contributed by atoms with Gasteiger partial charge >= 0.3 is 0 Å². The summed E-state index contributed by atoms with van der Waals surface area (Å²) in [4.78, 5) is 29.0. The van der Waals surface area contributed by atoms with Crippen molar-refractivity contribution in [2.75, 3.05) is 5.32 Å². The number of ketones is 1. The summed E-state index contributed by atoms with van der Waals surface area (Å²) in [5.41, 5.74) is 3.66. The van der Waals surface area contributed by atoms with E-state index in [1.807, 2.05) is 42.8 Å². The zero-order valence-electron chi connectivity index (χ0n) is 16.9. The molecule has 0 saturated carbocycles. The number of aryl methyl sites for hydroxylation is 1. The van der Waals surface area contributed by atoms with Crippen LogP contribution in [0.1, 0.15) is 30.6 Å². The molecule has 0 radical (unpaired) electrons. The van der Waals surface area contributed by atoms with E-state index < -0.39 is 0 Å². The first-order chi connectivity index (χ1) is 14.5. The van der Waals surface area contributed by atoms with E-state index in [0.29, 0.717) is 22.8 Å². The summed E-state index contributed by atoms with van der Waals surface area (Å²) in [5.74, 6) is -0.209. The molecule has 1 atom stereocenters. The lowest BCUT2D eigenvalue weighted by Crippen LogP contribution is -2.25. The Kier molecular flexibility index (Phi) is 5.50. The quantitative estimate of drug-likeness (QED) is 0.372. The van der Waals surface area contributed by atoms with E-state index in [4.69, 9.17) is 0 Å². The summed E-state index contributed by atoms with van der Waals surface area (Å²) in [7, 11) is 1.94. The molecule has 30 heavy (non-hydrogen) atoms. The number of benzene rings is 2. The van der Waals surface area contributed by atoms with E-state index in [1.54, 1.807) is 24.3 Å². The van der Waals surface area contributed by atoms with Gasteiger partial charge in [-0.25, -0.2) is 4.98 Å². The zero-order chi connectivity index (χ0) is 21.3. The molecule has 0 aliphatic rings. The van der Waals surface area contributed by atoms with Crippen LogP contribution in [-0.4, -0.2) is 36.7 Å². The van der Waals surface area contributed by atoms with Crippen molar-refractivity contribution in [3.63, 3.8) is 0 Å². The molecule has 1 amide bonds. The molecule has 4 aromatic rings. The Morgan fingerprint density at radius 1 is 1.13 bits per heavy atom. The predicted molar refractivity (Wildman–Crippen MR) is 119 cm³/mol. The lowest BCUT2D eigenvalue weighted by atomic mass is 10.1. The highest BCUT2D eigenvalue weighted by atomic mass is 32.2. The molecule has 2 aromatic carbocycles. The van der Waals surface area contributed by atoms with Crippen molar-refractivity contribution in [1.29, 1.82) is 0 Å². The zero-order valence-corrected chi connectivity index (χ0v) is 17.7. The monoisotopic (exact) mass is 419 g/mol. The van der Waals surface area contributed by atoms with E-state index in [2.05, 4.69) is 20.5 Å². The van der Waals surface area contributed by atoms with E-state index in [-0.39, 0.29) is 16.9 Å². The third kappa shape index (κ3) is 3.78. The third-order valence-electron chi connectivity index (χ3n) is 4.93. The van der Waals surface area contributed by atoms with Crippen LogP contribution in [0.2, 0.25) is 0 Å². The van der Waals surface area contributed by atoms with Crippen LogP contribution < -0.4 is 5.32 Å². The maximum absolute atomic E-state index is 12.8. The number of fused-ring (bicyclic) bond motifs is 3. The minimum Gasteiger partial charge on any atom is -0.327 e. The smallest absolute Gasteiger partial charge is 0.237 e. The minimum atomic E-state index is -0.389. The molecule has 0 fully saturated rings. The van der Waals surface area contributed by atoms with Crippen LogP contribution >= 0.6 is 11.8 Å². The van der Waals surface area contributed by atoms with Gasteiger partial charge in [0.15, 0.2) is 11.4 Å². The molecule has 4 rings (SSSR count). The van der Waals surface area contributed by atoms with Crippen LogP contribution in [0.5, 0.6) is 0 Å². The van der Waals surface area contributed by atoms with Crippen LogP contribution in [0.25, 0.3) is 22.1 Å². The standard InChI is InChI=1S/C22H21N5O2S/c1-4-18(21(29)23-15-9-7-8-14(12-15)13(2)28)30-22-24-20-19(25-26-22)16-10-5-6-11-17(16)27(20)3/h5-12,18H,4H2,1-3H3,(H,23,29)/t18-/m1/s1. The lowest BCUT2D eigenvalue weighted by Gasteiger charge is -2.14. The van der Waals surface area contributed by atoms with Crippen molar-refractivity contribution in [3.8, 4) is 0 Å². The molecule has 0 aliphatic heterocycles. The number of hydrogen-bond acceptors (Lipinski definition) is 6. The molecular formula is C22H21N5O2S. The number of thioether (sulfide) groups is 1. The van der Waals surface area contributed by atoms with Crippen molar-refractivity contribution in [1.82, 2.24) is 19.7 Å². The number of anilines is 1. The van der Waals surface area contributed by atoms with Gasteiger partial charge in [0, 0.05) is 23.7 Å². The molecule has 0 bridgehead atoms. The number of nitrogens with zero attached hydrogens (tertiary/aromatic N) is 4. The summed E-state index contributed by atoms with van der Waals surface area (Å²) >= 11 is 1.28. The maximum atomic E-state index is 12.8. The van der Waals surface area contributed by atoms with Crippen molar-refractivity contribution in [3.05, 3.63) is 54.1 Å². The van der Waals surface area contributed by atoms with Gasteiger partial charge in [0.1, 0.15) is 5.52 Å². The van der Waals surface area contributed by atoms with Gasteiger partial charge in [0.2, 0.25) is 11.1 Å². The van der Waals surface area contributed by atoms with E-state index in [1.165, 1.54) is 18.7 Å². The largest absolute Gasteiger partial charge is 0.327 e. The fraction of sp³-hybridized carbons (Fsp3) is 0.227. The number of nitrogens with one attached hydrogen (secondary N) is 1. The Labute approximate surface area is 177 Å². The average molecular weight is 420 g/mol. The summed E-state index contributed by atoms with van der Waals surface area (Å²) < 4.78 is 1.98. The van der Waals surface area contributed by atoms with Crippen LogP contribution in [0, 0.1) is 0 Å². The van der Waals surface area contributed by atoms with Gasteiger partial charge < -0.3 is 9.88 Å². The number of aromatic nitrogens is 4. The Morgan fingerprint density at radius 3 is 2.70 bits per heavy atom. The second kappa shape index (κ2) is 8.23. The van der Waals surface area contributed by atoms with Crippen LogP contribution in [0.3, 0.4) is 0 Å². The Hall–Kier alpha value is -3.26. The lowest BCUT2D eigenvalue weighted by molar-refractivity contribution is -0.115. The molecule has 0 aliphatic carbocycles. The molecule has 0 spiro atoms. The van der Waals surface area contributed by atoms with Crippen LogP contribution in [-0.2, 0) is 11.8 Å². The molecule has 152 valence electrons. The SMILES string of the molecule is CC[C@@H](Sc1nnc2c3ccccc3n(C)c2n1)C(=O)Nc1cccc(C(C)=O)c1. The van der Waals surface area contributed by atoms with Gasteiger partial charge in [-0.1, -0.05) is 49.0 Å². The van der Waals surface area contributed by atoms with Gasteiger partial charge in [0.25, 0.3) is 0 Å². The minimum absolute atomic E-state index is 0.0461. The number of carbonyl (C=O) groups excluding carboxylic acids is 2. The van der Waals surface area contributed by atoms with Crippen molar-refractivity contribution >= 4 is 51.2 Å². The second-order valence-corrected chi connectivity index (χ2v) is 8.15. The number of Topliss-reactive ketones (excluding diaryl/α,β-unsaturated/α-hetero) is 1. The highest BCUT2D eigenvalue weighted by molar-refractivity contribution is 8.00. The summed E-state index contributed by atoms with van der Waals surface area (Å²) in [6, 6.07) is 14.9. The topological polar surface area (TPSA) is 89.8 Å². The molecule has 1 N–H and O–H groups in total. The third-order valence-corrected chi connectivity index (χ3v) is 6.15. The number of carbonyl (C=O) groups is 2. The Bertz CT molecular complexity index is 1270. The number of hydrogen-bond donors (Lipinski definition) is 1. The van der Waals surface area contributed by atoms with Crippen LogP contribution in [0.15, 0.2) is 53.7 Å². The first-order valence-corrected chi connectivity index (χ1v) is 10.5. The number of amides is 1. The van der Waals surface area contributed by atoms with Gasteiger partial charge in [0.05, 0.1) is 10.8 Å². The first kappa shape index (κ1) is 20.0. The van der Waals surface area contributed by atoms with E-state index >= 15 is 0 Å². The average Bonchev–Trinajstić information content (AvgIpc) is 3.04. The molecule has 2 heterocycles. The molecule has 0 unspecified atom stereocenters. The normalized spacial score (nSPS) is 12.2. The molecule has 2 aromatic heterocycles. The van der Waals surface area contributed by atoms with Gasteiger partial charge in [-0.3, -0.25) is 9.59 Å². The summed E-state index contributed by atoms with van der Waals surface area (Å²) in [6.07, 6.45) is 0.597. The van der Waals surface area contributed by atoms with Crippen molar-refractivity contribution in [2.24, 2.45) is 7.05 Å². The summed E-state index contributed by atoms with van der Waals surface area (Å²) in [5, 5.41) is 12.6. The predicted octanol–water partition coefficient (Wildman–Crippen LogP) is 4.23. The fourth-order valence-corrected chi connectivity index (χ4v) is 4.14. The van der Waals surface area contributed by atoms with Crippen molar-refractivity contribution in [2.45, 2.75) is 30.7 Å². The maximum Gasteiger partial charge on any atom is 0.237 e. The Balaban J connectivity index is 1.57. The van der Waals surface area contributed by atoms with Gasteiger partial charge in [-0.05, 0) is 31.5 Å². The van der Waals surface area contributed by atoms with Gasteiger partial charge in [-0.2, -0.15) is 0 Å². The molecular weight excluding hydrogens is 398 g/mol. The van der Waals surface area contributed by atoms with E-state index in [0.717, 1.165) is 22.1 Å². The van der Waals surface area contributed by atoms with E-state index in [9.17, 15) is 9.59 Å². The van der Waals surface area contributed by atoms with Crippen LogP contribution in [0.4, 0.5) is 5.69 Å². The Morgan fingerprint density at radius 2 is 1.93 bits per heavy atom. The summed E-state index contributed by atoms with van der Waals surface area (Å²) in [6.45, 7) is 3.44. The first-order valence-electron chi connectivity index (χ1n) is 9.64. The molecule has 0 saturated heterocycles. The van der Waals surface area contributed by atoms with Crippen molar-refractivity contribution < 1.29 is 9.59 Å². The fourth-order valence-electron chi connectivity index (χ4n) is 3.33. The highest BCUT2D eigenvalue weighted by Gasteiger charge is 2.21.